The van der Waals surface area contributed by atoms with Crippen LogP contribution in [0.4, 0.5) is 0 Å². The van der Waals surface area contributed by atoms with E-state index in [1.807, 2.05) is 23.3 Å². The van der Waals surface area contributed by atoms with E-state index in [2.05, 4.69) is 20.2 Å². The van der Waals surface area contributed by atoms with Crippen molar-refractivity contribution in [1.82, 2.24) is 29.4 Å². The first-order valence-electron chi connectivity index (χ1n) is 6.87. The van der Waals surface area contributed by atoms with Crippen LogP contribution in [0.5, 0.6) is 0 Å². The highest BCUT2D eigenvalue weighted by Gasteiger charge is 2.36. The standard InChI is InChI=1S/C13H19ClN6O/c1-18-8-15-17-13(18)11-4-9(21-3)6-20(11)7-12-10(14)5-16-19(12)2/h5,8-9,11H,4,6-7H2,1-3H3/t9-,11+/m1/s1. The van der Waals surface area contributed by atoms with Crippen molar-refractivity contribution in [2.24, 2.45) is 14.1 Å². The van der Waals surface area contributed by atoms with Gasteiger partial charge in [0, 0.05) is 34.3 Å². The predicted molar refractivity (Wildman–Crippen MR) is 77.8 cm³/mol. The van der Waals surface area contributed by atoms with E-state index in [4.69, 9.17) is 16.3 Å². The van der Waals surface area contributed by atoms with E-state index in [0.717, 1.165) is 24.5 Å². The van der Waals surface area contributed by atoms with Gasteiger partial charge < -0.3 is 9.30 Å². The molecule has 0 bridgehead atoms. The van der Waals surface area contributed by atoms with Crippen LogP contribution in [0, 0.1) is 0 Å². The number of nitrogens with zero attached hydrogens (tertiary/aromatic N) is 6. The molecule has 8 heteroatoms. The average Bonchev–Trinajstić information content (AvgIpc) is 3.14. The molecule has 3 rings (SSSR count). The molecular formula is C13H19ClN6O. The second kappa shape index (κ2) is 5.75. The predicted octanol–water partition coefficient (Wildman–Crippen LogP) is 1.16. The van der Waals surface area contributed by atoms with Gasteiger partial charge in [0.2, 0.25) is 0 Å². The molecule has 114 valence electrons. The third-order valence-corrected chi connectivity index (χ3v) is 4.42. The summed E-state index contributed by atoms with van der Waals surface area (Å²) in [5.74, 6) is 0.952. The molecule has 1 aliphatic rings. The topological polar surface area (TPSA) is 61.0 Å². The molecular weight excluding hydrogens is 292 g/mol. The molecule has 0 aromatic carbocycles. The molecule has 0 spiro atoms. The summed E-state index contributed by atoms with van der Waals surface area (Å²) in [5.41, 5.74) is 1.00. The van der Waals surface area contributed by atoms with Crippen LogP contribution in [0.3, 0.4) is 0 Å². The van der Waals surface area contributed by atoms with Gasteiger partial charge in [-0.2, -0.15) is 5.10 Å². The van der Waals surface area contributed by atoms with Crippen molar-refractivity contribution in [2.75, 3.05) is 13.7 Å². The number of hydrogen-bond donors (Lipinski definition) is 0. The SMILES string of the molecule is CO[C@@H]1C[C@@H](c2nncn2C)N(Cc2c(Cl)cnn2C)C1. The van der Waals surface area contributed by atoms with Gasteiger partial charge in [0.1, 0.15) is 12.2 Å². The Balaban J connectivity index is 1.86. The summed E-state index contributed by atoms with van der Waals surface area (Å²) in [5, 5.41) is 13.1. The second-order valence-electron chi connectivity index (χ2n) is 5.40. The number of halogens is 1. The molecule has 2 aromatic heterocycles. The van der Waals surface area contributed by atoms with Crippen LogP contribution >= 0.6 is 11.6 Å². The molecule has 0 aliphatic carbocycles. The van der Waals surface area contributed by atoms with Gasteiger partial charge in [-0.15, -0.1) is 10.2 Å². The van der Waals surface area contributed by atoms with Gasteiger partial charge in [0.25, 0.3) is 0 Å². The zero-order valence-corrected chi connectivity index (χ0v) is 13.2. The molecule has 21 heavy (non-hydrogen) atoms. The lowest BCUT2D eigenvalue weighted by molar-refractivity contribution is 0.107. The molecule has 0 unspecified atom stereocenters. The van der Waals surface area contributed by atoms with Crippen molar-refractivity contribution in [1.29, 1.82) is 0 Å². The third kappa shape index (κ3) is 2.68. The fourth-order valence-electron chi connectivity index (χ4n) is 2.88. The van der Waals surface area contributed by atoms with Crippen LogP contribution in [0.15, 0.2) is 12.5 Å². The zero-order chi connectivity index (χ0) is 15.0. The monoisotopic (exact) mass is 310 g/mol. The summed E-state index contributed by atoms with van der Waals surface area (Å²) in [6, 6.07) is 0.174. The molecule has 0 N–H and O–H groups in total. The fourth-order valence-corrected chi connectivity index (χ4v) is 3.10. The van der Waals surface area contributed by atoms with Crippen molar-refractivity contribution in [3.05, 3.63) is 29.1 Å². The zero-order valence-electron chi connectivity index (χ0n) is 12.4. The number of aromatic nitrogens is 5. The van der Waals surface area contributed by atoms with Crippen molar-refractivity contribution < 1.29 is 4.74 Å². The molecule has 2 aromatic rings. The second-order valence-corrected chi connectivity index (χ2v) is 5.81. The molecule has 0 saturated carbocycles. The summed E-state index contributed by atoms with van der Waals surface area (Å²) in [6.07, 6.45) is 4.50. The first-order valence-corrected chi connectivity index (χ1v) is 7.25. The molecule has 0 amide bonds. The Labute approximate surface area is 128 Å². The highest BCUT2D eigenvalue weighted by Crippen LogP contribution is 2.34. The highest BCUT2D eigenvalue weighted by molar-refractivity contribution is 6.31. The lowest BCUT2D eigenvalue weighted by atomic mass is 10.2. The first-order chi connectivity index (χ1) is 10.1. The molecule has 7 nitrogen and oxygen atoms in total. The highest BCUT2D eigenvalue weighted by atomic mass is 35.5. The number of aryl methyl sites for hydroxylation is 2. The average molecular weight is 311 g/mol. The summed E-state index contributed by atoms with van der Waals surface area (Å²) in [6.45, 7) is 1.56. The van der Waals surface area contributed by atoms with Crippen LogP contribution in [-0.2, 0) is 25.4 Å². The Bertz CT molecular complexity index is 604. The number of hydrogen-bond acceptors (Lipinski definition) is 5. The van der Waals surface area contributed by atoms with Crippen molar-refractivity contribution in [2.45, 2.75) is 25.1 Å². The minimum absolute atomic E-state index is 0.174. The van der Waals surface area contributed by atoms with E-state index in [0.29, 0.717) is 11.6 Å². The van der Waals surface area contributed by atoms with E-state index < -0.39 is 0 Å². The summed E-state index contributed by atoms with van der Waals surface area (Å²) in [7, 11) is 5.62. The lowest BCUT2D eigenvalue weighted by Gasteiger charge is -2.23. The molecule has 1 aliphatic heterocycles. The molecule has 0 radical (unpaired) electrons. The Morgan fingerprint density at radius 3 is 2.81 bits per heavy atom. The van der Waals surface area contributed by atoms with Gasteiger partial charge in [-0.1, -0.05) is 11.6 Å². The Kier molecular flexibility index (Phi) is 3.97. The van der Waals surface area contributed by atoms with E-state index in [1.54, 1.807) is 19.6 Å². The first kappa shape index (κ1) is 14.5. The van der Waals surface area contributed by atoms with Crippen LogP contribution < -0.4 is 0 Å². The van der Waals surface area contributed by atoms with Crippen molar-refractivity contribution >= 4 is 11.6 Å². The van der Waals surface area contributed by atoms with E-state index in [1.165, 1.54) is 0 Å². The van der Waals surface area contributed by atoms with Gasteiger partial charge in [0.15, 0.2) is 0 Å². The van der Waals surface area contributed by atoms with E-state index >= 15 is 0 Å². The van der Waals surface area contributed by atoms with Crippen LogP contribution in [0.25, 0.3) is 0 Å². The Morgan fingerprint density at radius 2 is 2.24 bits per heavy atom. The number of likely N-dealkylation sites (tertiary alicyclic amines) is 1. The molecule has 2 atom stereocenters. The smallest absolute Gasteiger partial charge is 0.150 e. The molecule has 1 fully saturated rings. The van der Waals surface area contributed by atoms with Crippen molar-refractivity contribution in [3.8, 4) is 0 Å². The normalized spacial score (nSPS) is 23.0. The number of ether oxygens (including phenoxy) is 1. The summed E-state index contributed by atoms with van der Waals surface area (Å²) >= 11 is 6.22. The van der Waals surface area contributed by atoms with Crippen LogP contribution in [0.2, 0.25) is 5.02 Å². The van der Waals surface area contributed by atoms with Crippen molar-refractivity contribution in [3.63, 3.8) is 0 Å². The van der Waals surface area contributed by atoms with Gasteiger partial charge >= 0.3 is 0 Å². The maximum absolute atomic E-state index is 6.22. The van der Waals surface area contributed by atoms with E-state index in [9.17, 15) is 0 Å². The summed E-state index contributed by atoms with van der Waals surface area (Å²) in [4.78, 5) is 2.32. The fraction of sp³-hybridized carbons (Fsp3) is 0.615. The maximum Gasteiger partial charge on any atom is 0.150 e. The number of methoxy groups -OCH3 is 1. The van der Waals surface area contributed by atoms with Gasteiger partial charge in [-0.05, 0) is 6.42 Å². The van der Waals surface area contributed by atoms with Gasteiger partial charge in [0.05, 0.1) is 29.1 Å². The molecule has 3 heterocycles. The van der Waals surface area contributed by atoms with Crippen LogP contribution in [0.1, 0.15) is 24.0 Å². The lowest BCUT2D eigenvalue weighted by Crippen LogP contribution is -2.27. The number of rotatable bonds is 4. The third-order valence-electron chi connectivity index (χ3n) is 4.11. The van der Waals surface area contributed by atoms with Gasteiger partial charge in [-0.25, -0.2) is 0 Å². The minimum Gasteiger partial charge on any atom is -0.380 e. The largest absolute Gasteiger partial charge is 0.380 e. The van der Waals surface area contributed by atoms with Gasteiger partial charge in [-0.3, -0.25) is 9.58 Å². The maximum atomic E-state index is 6.22. The Hall–Kier alpha value is -1.44. The van der Waals surface area contributed by atoms with Crippen LogP contribution in [-0.4, -0.2) is 49.2 Å². The molecule has 1 saturated heterocycles. The Morgan fingerprint density at radius 1 is 1.43 bits per heavy atom. The minimum atomic E-state index is 0.174. The quantitative estimate of drug-likeness (QED) is 0.848. The van der Waals surface area contributed by atoms with E-state index in [-0.39, 0.29) is 12.1 Å². The summed E-state index contributed by atoms with van der Waals surface area (Å²) < 4.78 is 9.31.